The summed E-state index contributed by atoms with van der Waals surface area (Å²) >= 11 is 0. The Morgan fingerprint density at radius 3 is 2.62 bits per heavy atom. The molecule has 1 atom stereocenters. The first-order valence-electron chi connectivity index (χ1n) is 5.94. The molecule has 0 spiro atoms. The zero-order valence-electron chi connectivity index (χ0n) is 10.4. The number of ether oxygens (including phenoxy) is 2. The molecular weight excluding hydrogens is 204 g/mol. The van der Waals surface area contributed by atoms with Crippen LogP contribution in [0.4, 0.5) is 0 Å². The minimum Gasteiger partial charge on any atom is -0.381 e. The van der Waals surface area contributed by atoms with E-state index < -0.39 is 0 Å². The smallest absolute Gasteiger partial charge is 0.0891 e. The second kappa shape index (κ2) is 6.35. The van der Waals surface area contributed by atoms with E-state index in [-0.39, 0.29) is 11.6 Å². The standard InChI is InChI=1S/C12H24N2O2/c1-4-10(2)9-11(14-13)12(15-3)5-7-16-8-6-12/h11,14H,2,4-9,13H2,1,3H3. The first kappa shape index (κ1) is 13.6. The average Bonchev–Trinajstić information content (AvgIpc) is 2.36. The van der Waals surface area contributed by atoms with Crippen LogP contribution in [0.3, 0.4) is 0 Å². The number of hydrazine groups is 1. The molecule has 1 aliphatic rings. The maximum atomic E-state index is 5.71. The molecule has 1 rings (SSSR count). The largest absolute Gasteiger partial charge is 0.381 e. The number of hydrogen-bond acceptors (Lipinski definition) is 4. The van der Waals surface area contributed by atoms with Crippen molar-refractivity contribution in [2.45, 2.75) is 44.2 Å². The van der Waals surface area contributed by atoms with Gasteiger partial charge in [-0.3, -0.25) is 11.3 Å². The van der Waals surface area contributed by atoms with Gasteiger partial charge in [-0.25, -0.2) is 0 Å². The Morgan fingerprint density at radius 1 is 1.56 bits per heavy atom. The Balaban J connectivity index is 2.69. The van der Waals surface area contributed by atoms with Gasteiger partial charge in [0, 0.05) is 33.2 Å². The van der Waals surface area contributed by atoms with Gasteiger partial charge in [0.25, 0.3) is 0 Å². The third kappa shape index (κ3) is 3.04. The molecule has 0 aromatic rings. The molecular formula is C12H24N2O2. The molecule has 1 aliphatic heterocycles. The van der Waals surface area contributed by atoms with Crippen molar-refractivity contribution in [3.05, 3.63) is 12.2 Å². The normalized spacial score (nSPS) is 21.7. The van der Waals surface area contributed by atoms with E-state index in [4.69, 9.17) is 15.3 Å². The summed E-state index contributed by atoms with van der Waals surface area (Å²) in [7, 11) is 1.75. The fraction of sp³-hybridized carbons (Fsp3) is 0.833. The van der Waals surface area contributed by atoms with Crippen LogP contribution in [0.5, 0.6) is 0 Å². The molecule has 4 nitrogen and oxygen atoms in total. The SMILES string of the molecule is C=C(CC)CC(NN)C1(OC)CCOCC1. The minimum atomic E-state index is -0.203. The number of rotatable bonds is 6. The summed E-state index contributed by atoms with van der Waals surface area (Å²) < 4.78 is 11.1. The highest BCUT2D eigenvalue weighted by Gasteiger charge is 2.40. The minimum absolute atomic E-state index is 0.119. The van der Waals surface area contributed by atoms with Crippen molar-refractivity contribution < 1.29 is 9.47 Å². The molecule has 0 aromatic heterocycles. The maximum absolute atomic E-state index is 5.71. The Kier molecular flexibility index (Phi) is 5.41. The number of nitrogens with one attached hydrogen (secondary N) is 1. The molecule has 1 unspecified atom stereocenters. The van der Waals surface area contributed by atoms with Crippen LogP contribution in [0.25, 0.3) is 0 Å². The average molecular weight is 228 g/mol. The quantitative estimate of drug-likeness (QED) is 0.409. The zero-order valence-corrected chi connectivity index (χ0v) is 10.4. The predicted molar refractivity (Wildman–Crippen MR) is 65.0 cm³/mol. The zero-order chi connectivity index (χ0) is 12.0. The van der Waals surface area contributed by atoms with E-state index in [1.165, 1.54) is 5.57 Å². The van der Waals surface area contributed by atoms with Crippen molar-refractivity contribution in [2.24, 2.45) is 5.84 Å². The van der Waals surface area contributed by atoms with Gasteiger partial charge in [0.15, 0.2) is 0 Å². The van der Waals surface area contributed by atoms with Crippen LogP contribution in [-0.4, -0.2) is 32.0 Å². The summed E-state index contributed by atoms with van der Waals surface area (Å²) in [5.74, 6) is 5.66. The molecule has 1 heterocycles. The van der Waals surface area contributed by atoms with Crippen molar-refractivity contribution in [2.75, 3.05) is 20.3 Å². The Hall–Kier alpha value is -0.420. The molecule has 0 bridgehead atoms. The highest BCUT2D eigenvalue weighted by atomic mass is 16.5. The van der Waals surface area contributed by atoms with Gasteiger partial charge in [-0.15, -0.1) is 0 Å². The Labute approximate surface area is 98.1 Å². The van der Waals surface area contributed by atoms with Crippen LogP contribution in [-0.2, 0) is 9.47 Å². The molecule has 0 aliphatic carbocycles. The van der Waals surface area contributed by atoms with Crippen LogP contribution in [0.15, 0.2) is 12.2 Å². The van der Waals surface area contributed by atoms with Gasteiger partial charge < -0.3 is 9.47 Å². The van der Waals surface area contributed by atoms with E-state index in [0.29, 0.717) is 0 Å². The molecule has 94 valence electrons. The van der Waals surface area contributed by atoms with Crippen LogP contribution < -0.4 is 11.3 Å². The van der Waals surface area contributed by atoms with Gasteiger partial charge in [-0.05, 0) is 12.8 Å². The predicted octanol–water partition coefficient (Wildman–Crippen LogP) is 1.37. The Morgan fingerprint density at radius 2 is 2.19 bits per heavy atom. The van der Waals surface area contributed by atoms with Crippen molar-refractivity contribution in [3.63, 3.8) is 0 Å². The molecule has 1 saturated heterocycles. The summed E-state index contributed by atoms with van der Waals surface area (Å²) in [5, 5.41) is 0. The van der Waals surface area contributed by atoms with E-state index in [1.54, 1.807) is 7.11 Å². The lowest BCUT2D eigenvalue weighted by Gasteiger charge is -2.42. The molecule has 4 heteroatoms. The van der Waals surface area contributed by atoms with Crippen molar-refractivity contribution in [1.29, 1.82) is 0 Å². The highest BCUT2D eigenvalue weighted by molar-refractivity contribution is 5.04. The number of nitrogens with two attached hydrogens (primary N) is 1. The maximum Gasteiger partial charge on any atom is 0.0891 e. The van der Waals surface area contributed by atoms with E-state index >= 15 is 0 Å². The van der Waals surface area contributed by atoms with Gasteiger partial charge >= 0.3 is 0 Å². The monoisotopic (exact) mass is 228 g/mol. The fourth-order valence-corrected chi connectivity index (χ4v) is 2.24. The van der Waals surface area contributed by atoms with Gasteiger partial charge in [0.05, 0.1) is 11.6 Å². The lowest BCUT2D eigenvalue weighted by atomic mass is 9.83. The van der Waals surface area contributed by atoms with Crippen molar-refractivity contribution in [3.8, 4) is 0 Å². The topological polar surface area (TPSA) is 56.5 Å². The second-order valence-corrected chi connectivity index (χ2v) is 4.41. The lowest BCUT2D eigenvalue weighted by molar-refractivity contribution is -0.110. The molecule has 0 amide bonds. The fourth-order valence-electron chi connectivity index (χ4n) is 2.24. The molecule has 1 fully saturated rings. The van der Waals surface area contributed by atoms with Gasteiger partial charge in [-0.1, -0.05) is 19.1 Å². The summed E-state index contributed by atoms with van der Waals surface area (Å²) in [6.07, 6.45) is 3.61. The molecule has 0 aromatic carbocycles. The van der Waals surface area contributed by atoms with Gasteiger partial charge in [0.1, 0.15) is 0 Å². The first-order chi connectivity index (χ1) is 7.68. The molecule has 16 heavy (non-hydrogen) atoms. The van der Waals surface area contributed by atoms with E-state index in [1.807, 2.05) is 0 Å². The summed E-state index contributed by atoms with van der Waals surface area (Å²) in [5.41, 5.74) is 3.88. The van der Waals surface area contributed by atoms with E-state index in [2.05, 4.69) is 18.9 Å². The van der Waals surface area contributed by atoms with Gasteiger partial charge in [0.2, 0.25) is 0 Å². The van der Waals surface area contributed by atoms with E-state index in [9.17, 15) is 0 Å². The molecule has 3 N–H and O–H groups in total. The molecule has 0 saturated carbocycles. The van der Waals surface area contributed by atoms with Crippen LogP contribution in [0, 0.1) is 0 Å². The summed E-state index contributed by atoms with van der Waals surface area (Å²) in [6.45, 7) is 7.63. The first-order valence-corrected chi connectivity index (χ1v) is 5.94. The van der Waals surface area contributed by atoms with Crippen LogP contribution in [0.2, 0.25) is 0 Å². The Bertz CT molecular complexity index is 225. The number of methoxy groups -OCH3 is 1. The summed E-state index contributed by atoms with van der Waals surface area (Å²) in [6, 6.07) is 0.119. The van der Waals surface area contributed by atoms with Crippen molar-refractivity contribution in [1.82, 2.24) is 5.43 Å². The third-order valence-electron chi connectivity index (χ3n) is 3.57. The molecule has 0 radical (unpaired) electrons. The number of hydrogen-bond donors (Lipinski definition) is 2. The highest BCUT2D eigenvalue weighted by Crippen LogP contribution is 2.31. The van der Waals surface area contributed by atoms with Crippen LogP contribution in [0.1, 0.15) is 32.6 Å². The summed E-state index contributed by atoms with van der Waals surface area (Å²) in [4.78, 5) is 0. The third-order valence-corrected chi connectivity index (χ3v) is 3.57. The lowest BCUT2D eigenvalue weighted by Crippen LogP contribution is -2.57. The van der Waals surface area contributed by atoms with Gasteiger partial charge in [-0.2, -0.15) is 0 Å². The van der Waals surface area contributed by atoms with Crippen molar-refractivity contribution >= 4 is 0 Å². The van der Waals surface area contributed by atoms with Crippen LogP contribution >= 0.6 is 0 Å². The second-order valence-electron chi connectivity index (χ2n) is 4.41. The van der Waals surface area contributed by atoms with E-state index in [0.717, 1.165) is 38.9 Å².